The maximum Gasteiger partial charge on any atom is 0.290 e. The summed E-state index contributed by atoms with van der Waals surface area (Å²) in [5, 5.41) is 2.00. The van der Waals surface area contributed by atoms with Crippen molar-refractivity contribution in [2.75, 3.05) is 5.88 Å². The lowest BCUT2D eigenvalue weighted by Crippen LogP contribution is -2.33. The van der Waals surface area contributed by atoms with Crippen molar-refractivity contribution in [1.29, 1.82) is 0 Å². The molecule has 0 aliphatic heterocycles. The molecule has 0 aliphatic carbocycles. The van der Waals surface area contributed by atoms with Gasteiger partial charge in [-0.15, -0.1) is 33.8 Å². The molecule has 68 valence electrons. The summed E-state index contributed by atoms with van der Waals surface area (Å²) in [6.07, 6.45) is 0.901. The fraction of sp³-hybridized carbons (Fsp3) is 0.429. The Morgan fingerprint density at radius 2 is 2.17 bits per heavy atom. The molecule has 1 rings (SSSR count). The van der Waals surface area contributed by atoms with E-state index in [4.69, 9.17) is 33.8 Å². The maximum absolute atomic E-state index is 6.24. The minimum atomic E-state index is -2.17. The van der Waals surface area contributed by atoms with Gasteiger partial charge in [0.1, 0.15) is 0 Å². The van der Waals surface area contributed by atoms with Crippen LogP contribution in [0.25, 0.3) is 0 Å². The summed E-state index contributed by atoms with van der Waals surface area (Å²) in [5.74, 6) is 0.638. The molecule has 12 heavy (non-hydrogen) atoms. The van der Waals surface area contributed by atoms with Crippen LogP contribution in [0.4, 0.5) is 0 Å². The highest BCUT2D eigenvalue weighted by atomic mass is 35.7. The molecule has 0 aliphatic rings. The molecule has 0 atom stereocenters. The fourth-order valence-electron chi connectivity index (χ4n) is 0.899. The fourth-order valence-corrected chi connectivity index (χ4v) is 6.11. The zero-order valence-electron chi connectivity index (χ0n) is 6.40. The topological polar surface area (TPSA) is 0 Å². The summed E-state index contributed by atoms with van der Waals surface area (Å²) in [6.45, 7) is -2.17. The summed E-state index contributed by atoms with van der Waals surface area (Å²) >= 11 is 19.7. The quantitative estimate of drug-likeness (QED) is 0.441. The first-order valence-electron chi connectivity index (χ1n) is 3.64. The van der Waals surface area contributed by atoms with Crippen molar-refractivity contribution in [3.05, 3.63) is 17.5 Å². The Morgan fingerprint density at radius 3 is 2.67 bits per heavy atom. The minimum absolute atomic E-state index is 0.638. The maximum atomic E-state index is 6.24. The third kappa shape index (κ3) is 2.93. The molecule has 0 bridgehead atoms. The lowest BCUT2D eigenvalue weighted by atomic mass is 10.6. The van der Waals surface area contributed by atoms with Crippen LogP contribution in [0.3, 0.4) is 0 Å². The first-order valence-corrected chi connectivity index (χ1v) is 9.29. The smallest absolute Gasteiger partial charge is 0.151 e. The molecule has 5 heteroatoms. The van der Waals surface area contributed by atoms with Crippen molar-refractivity contribution < 1.29 is 0 Å². The van der Waals surface area contributed by atoms with E-state index in [0.717, 1.165) is 17.0 Å². The van der Waals surface area contributed by atoms with E-state index in [1.165, 1.54) is 0 Å². The molecular weight excluding hydrogens is 251 g/mol. The second-order valence-corrected chi connectivity index (χ2v) is 11.1. The highest BCUT2D eigenvalue weighted by Crippen LogP contribution is 2.24. The van der Waals surface area contributed by atoms with Crippen LogP contribution in [0.1, 0.15) is 6.42 Å². The van der Waals surface area contributed by atoms with E-state index in [1.807, 2.05) is 17.5 Å². The lowest BCUT2D eigenvalue weighted by molar-refractivity contribution is 1.08. The second-order valence-electron chi connectivity index (χ2n) is 2.47. The van der Waals surface area contributed by atoms with Gasteiger partial charge in [-0.2, -0.15) is 11.3 Å². The van der Waals surface area contributed by atoms with Crippen molar-refractivity contribution in [3.63, 3.8) is 0 Å². The van der Waals surface area contributed by atoms with Gasteiger partial charge in [0.15, 0.2) is 0 Å². The van der Waals surface area contributed by atoms with E-state index in [9.17, 15) is 0 Å². The molecule has 0 saturated heterocycles. The lowest BCUT2D eigenvalue weighted by Gasteiger charge is -2.13. The number of alkyl halides is 1. The summed E-state index contributed by atoms with van der Waals surface area (Å²) in [5.41, 5.74) is 0. The standard InChI is InChI=1S/C7H9Cl3SSi/c8-4-2-6-12(9,10)7-3-1-5-11-7/h1,3,5H,2,4,6H2. The molecule has 0 radical (unpaired) electrons. The van der Waals surface area contributed by atoms with Gasteiger partial charge in [-0.05, 0) is 23.9 Å². The summed E-state index contributed by atoms with van der Waals surface area (Å²) < 4.78 is 1.14. The molecule has 0 fully saturated rings. The van der Waals surface area contributed by atoms with Crippen molar-refractivity contribution in [2.45, 2.75) is 12.5 Å². The average molecular weight is 260 g/mol. The van der Waals surface area contributed by atoms with Crippen molar-refractivity contribution >= 4 is 56.3 Å². The molecular formula is C7H9Cl3SSi. The van der Waals surface area contributed by atoms with E-state index in [1.54, 1.807) is 11.3 Å². The normalized spacial score (nSPS) is 11.9. The van der Waals surface area contributed by atoms with Gasteiger partial charge in [-0.25, -0.2) is 0 Å². The Balaban J connectivity index is 2.59. The number of hydrogen-bond donors (Lipinski definition) is 0. The van der Waals surface area contributed by atoms with Crippen LogP contribution in [-0.2, 0) is 0 Å². The molecule has 0 spiro atoms. The van der Waals surface area contributed by atoms with Crippen molar-refractivity contribution in [3.8, 4) is 0 Å². The Kier molecular flexibility index (Phi) is 4.41. The Bertz CT molecular complexity index is 223. The van der Waals surface area contributed by atoms with E-state index < -0.39 is 6.69 Å². The van der Waals surface area contributed by atoms with E-state index in [0.29, 0.717) is 5.88 Å². The van der Waals surface area contributed by atoms with Crippen LogP contribution < -0.4 is 4.50 Å². The highest BCUT2D eigenvalue weighted by molar-refractivity contribution is 7.56. The molecule has 0 amide bonds. The predicted octanol–water partition coefficient (Wildman–Crippen LogP) is 3.50. The van der Waals surface area contributed by atoms with Gasteiger partial charge in [0, 0.05) is 10.4 Å². The van der Waals surface area contributed by atoms with Crippen LogP contribution in [0.15, 0.2) is 17.5 Å². The zero-order valence-corrected chi connectivity index (χ0v) is 10.5. The monoisotopic (exact) mass is 258 g/mol. The SMILES string of the molecule is ClCCC[Si](Cl)(Cl)c1cccs1. The van der Waals surface area contributed by atoms with E-state index in [2.05, 4.69) is 0 Å². The molecule has 1 aromatic rings. The van der Waals surface area contributed by atoms with Crippen LogP contribution in [0.5, 0.6) is 0 Å². The van der Waals surface area contributed by atoms with Gasteiger partial charge < -0.3 is 0 Å². The van der Waals surface area contributed by atoms with Gasteiger partial charge in [0.25, 0.3) is 6.69 Å². The van der Waals surface area contributed by atoms with E-state index >= 15 is 0 Å². The number of halogens is 3. The number of thiophene rings is 1. The molecule has 0 nitrogen and oxygen atoms in total. The average Bonchev–Trinajstić information content (AvgIpc) is 2.53. The Morgan fingerprint density at radius 1 is 1.42 bits per heavy atom. The van der Waals surface area contributed by atoms with Gasteiger partial charge >= 0.3 is 0 Å². The van der Waals surface area contributed by atoms with Crippen molar-refractivity contribution in [1.82, 2.24) is 0 Å². The molecule has 1 heterocycles. The van der Waals surface area contributed by atoms with Crippen molar-refractivity contribution in [2.24, 2.45) is 0 Å². The van der Waals surface area contributed by atoms with Crippen LogP contribution in [-0.4, -0.2) is 12.6 Å². The molecule has 0 N–H and O–H groups in total. The summed E-state index contributed by atoms with van der Waals surface area (Å²) in [6, 6.07) is 4.83. The van der Waals surface area contributed by atoms with Gasteiger partial charge in [-0.1, -0.05) is 6.07 Å². The third-order valence-electron chi connectivity index (χ3n) is 1.51. The van der Waals surface area contributed by atoms with Gasteiger partial charge in [0.05, 0.1) is 0 Å². The zero-order chi connectivity index (χ0) is 9.03. The molecule has 1 aromatic heterocycles. The predicted molar refractivity (Wildman–Crippen MR) is 61.6 cm³/mol. The first kappa shape index (κ1) is 10.9. The van der Waals surface area contributed by atoms with Gasteiger partial charge in [-0.3, -0.25) is 0 Å². The van der Waals surface area contributed by atoms with Crippen LogP contribution >= 0.6 is 45.1 Å². The molecule has 0 saturated carbocycles. The number of rotatable bonds is 4. The summed E-state index contributed by atoms with van der Waals surface area (Å²) in [7, 11) is 0. The number of hydrogen-bond acceptors (Lipinski definition) is 1. The third-order valence-corrected chi connectivity index (χ3v) is 8.75. The second kappa shape index (κ2) is 4.87. The van der Waals surface area contributed by atoms with Crippen LogP contribution in [0, 0.1) is 0 Å². The Hall–Kier alpha value is 0.787. The van der Waals surface area contributed by atoms with Crippen LogP contribution in [0.2, 0.25) is 6.04 Å². The first-order chi connectivity index (χ1) is 5.67. The molecule has 0 unspecified atom stereocenters. The molecule has 0 aromatic carbocycles. The Labute approximate surface area is 91.9 Å². The largest absolute Gasteiger partial charge is 0.290 e. The van der Waals surface area contributed by atoms with Gasteiger partial charge in [0.2, 0.25) is 0 Å². The minimum Gasteiger partial charge on any atom is -0.151 e. The van der Waals surface area contributed by atoms with E-state index in [-0.39, 0.29) is 0 Å². The summed E-state index contributed by atoms with van der Waals surface area (Å²) in [4.78, 5) is 0. The highest BCUT2D eigenvalue weighted by Gasteiger charge is 2.31.